The van der Waals surface area contributed by atoms with E-state index in [4.69, 9.17) is 5.11 Å². The lowest BCUT2D eigenvalue weighted by Gasteiger charge is -2.05. The van der Waals surface area contributed by atoms with E-state index < -0.39 is 10.0 Å². The van der Waals surface area contributed by atoms with Crippen LogP contribution in [-0.4, -0.2) is 20.1 Å². The second-order valence-electron chi connectivity index (χ2n) is 4.15. The minimum absolute atomic E-state index is 0.0202. The van der Waals surface area contributed by atoms with Crippen LogP contribution in [0.25, 0.3) is 0 Å². The number of aliphatic hydroxyl groups is 1. The van der Waals surface area contributed by atoms with E-state index in [9.17, 15) is 8.42 Å². The lowest BCUT2D eigenvalue weighted by Crippen LogP contribution is -2.22. The molecule has 0 saturated heterocycles. The monoisotopic (exact) mass is 375 g/mol. The molecule has 7 heteroatoms. The fourth-order valence-electron chi connectivity index (χ4n) is 1.60. The molecule has 2 rings (SSSR count). The number of hydrogen-bond acceptors (Lipinski definition) is 4. The van der Waals surface area contributed by atoms with Gasteiger partial charge in [-0.15, -0.1) is 11.3 Å². The van der Waals surface area contributed by atoms with Crippen LogP contribution in [-0.2, 0) is 23.0 Å². The van der Waals surface area contributed by atoms with Crippen LogP contribution in [0.5, 0.6) is 0 Å². The van der Waals surface area contributed by atoms with Gasteiger partial charge in [-0.1, -0.05) is 28.1 Å². The number of halogens is 1. The molecule has 1 aromatic heterocycles. The van der Waals surface area contributed by atoms with Crippen LogP contribution in [0.4, 0.5) is 0 Å². The highest BCUT2D eigenvalue weighted by Gasteiger charge is 2.16. The zero-order valence-electron chi connectivity index (χ0n) is 10.5. The number of nitrogens with one attached hydrogen (secondary N) is 1. The summed E-state index contributed by atoms with van der Waals surface area (Å²) in [6.45, 7) is 0.273. The largest absolute Gasteiger partial charge is 0.396 e. The summed E-state index contributed by atoms with van der Waals surface area (Å²) in [5.41, 5.74) is 0.893. The maximum atomic E-state index is 12.1. The van der Waals surface area contributed by atoms with Gasteiger partial charge in [0.15, 0.2) is 0 Å². The Hall–Kier alpha value is -0.730. The average molecular weight is 376 g/mol. The van der Waals surface area contributed by atoms with Gasteiger partial charge in [-0.2, -0.15) is 0 Å². The first-order chi connectivity index (χ1) is 9.51. The highest BCUT2D eigenvalue weighted by atomic mass is 79.9. The van der Waals surface area contributed by atoms with Crippen molar-refractivity contribution in [3.05, 3.63) is 51.3 Å². The second-order valence-corrected chi connectivity index (χ2v) is 8.22. The molecule has 0 atom stereocenters. The summed E-state index contributed by atoms with van der Waals surface area (Å²) in [5, 5.41) is 8.84. The molecule has 1 heterocycles. The number of thiophene rings is 1. The Morgan fingerprint density at radius 2 is 1.85 bits per heavy atom. The summed E-state index contributed by atoms with van der Waals surface area (Å²) in [5.74, 6) is 0. The highest BCUT2D eigenvalue weighted by Crippen LogP contribution is 2.22. The zero-order chi connectivity index (χ0) is 14.6. The third kappa shape index (κ3) is 4.13. The summed E-state index contributed by atoms with van der Waals surface area (Å²) >= 11 is 4.52. The standard InChI is InChI=1S/C13H14BrNO3S2/c14-11-3-1-10(2-4-11)9-15-20(17,18)13-6-5-12(19-13)7-8-16/h1-6,15-16H,7-9H2. The number of benzene rings is 1. The molecule has 0 spiro atoms. The minimum Gasteiger partial charge on any atom is -0.396 e. The van der Waals surface area contributed by atoms with E-state index in [-0.39, 0.29) is 17.4 Å². The maximum Gasteiger partial charge on any atom is 0.250 e. The molecule has 0 fully saturated rings. The average Bonchev–Trinajstić information content (AvgIpc) is 2.88. The smallest absolute Gasteiger partial charge is 0.250 e. The van der Waals surface area contributed by atoms with Crippen molar-refractivity contribution in [2.45, 2.75) is 17.2 Å². The molecule has 4 nitrogen and oxygen atoms in total. The van der Waals surface area contributed by atoms with Crippen molar-refractivity contribution in [3.63, 3.8) is 0 Å². The van der Waals surface area contributed by atoms with Crippen LogP contribution in [0, 0.1) is 0 Å². The van der Waals surface area contributed by atoms with Crippen LogP contribution < -0.4 is 4.72 Å². The Balaban J connectivity index is 2.04. The molecule has 0 unspecified atom stereocenters. The molecule has 2 aromatic rings. The van der Waals surface area contributed by atoms with Gasteiger partial charge in [-0.3, -0.25) is 0 Å². The van der Waals surface area contributed by atoms with Crippen LogP contribution in [0.15, 0.2) is 45.1 Å². The van der Waals surface area contributed by atoms with E-state index >= 15 is 0 Å². The van der Waals surface area contributed by atoms with Gasteiger partial charge in [0.1, 0.15) is 4.21 Å². The first-order valence-electron chi connectivity index (χ1n) is 5.95. The van der Waals surface area contributed by atoms with Gasteiger partial charge in [0.05, 0.1) is 0 Å². The molecule has 108 valence electrons. The molecule has 20 heavy (non-hydrogen) atoms. The predicted octanol–water partition coefficient (Wildman–Crippen LogP) is 2.52. The highest BCUT2D eigenvalue weighted by molar-refractivity contribution is 9.10. The molecule has 0 saturated carbocycles. The third-order valence-electron chi connectivity index (χ3n) is 2.64. The molecular weight excluding hydrogens is 362 g/mol. The normalized spacial score (nSPS) is 11.7. The maximum absolute atomic E-state index is 12.1. The third-order valence-corrected chi connectivity index (χ3v) is 6.21. The van der Waals surface area contributed by atoms with Gasteiger partial charge in [-0.05, 0) is 29.8 Å². The summed E-state index contributed by atoms with van der Waals surface area (Å²) < 4.78 is 28.0. The summed E-state index contributed by atoms with van der Waals surface area (Å²) in [7, 11) is -3.49. The van der Waals surface area contributed by atoms with Crippen LogP contribution in [0.3, 0.4) is 0 Å². The second kappa shape index (κ2) is 6.82. The molecule has 0 aliphatic carbocycles. The molecule has 0 radical (unpaired) electrons. The van der Waals surface area contributed by atoms with Gasteiger partial charge < -0.3 is 5.11 Å². The van der Waals surface area contributed by atoms with Crippen molar-refractivity contribution in [1.82, 2.24) is 4.72 Å². The molecular formula is C13H14BrNO3S2. The van der Waals surface area contributed by atoms with E-state index in [1.165, 1.54) is 11.3 Å². The van der Waals surface area contributed by atoms with Gasteiger partial charge in [0, 0.05) is 28.9 Å². The fraction of sp³-hybridized carbons (Fsp3) is 0.231. The number of hydrogen-bond donors (Lipinski definition) is 2. The van der Waals surface area contributed by atoms with E-state index in [1.807, 2.05) is 24.3 Å². The molecule has 1 aromatic carbocycles. The Labute approximate surface area is 130 Å². The number of aliphatic hydroxyl groups excluding tert-OH is 1. The Bertz CT molecular complexity index is 665. The van der Waals surface area contributed by atoms with E-state index in [0.29, 0.717) is 6.42 Å². The first kappa shape index (κ1) is 15.7. The SMILES string of the molecule is O=S(=O)(NCc1ccc(Br)cc1)c1ccc(CCO)s1. The van der Waals surface area contributed by atoms with Crippen molar-refractivity contribution < 1.29 is 13.5 Å². The minimum atomic E-state index is -3.49. The Morgan fingerprint density at radius 1 is 1.15 bits per heavy atom. The topological polar surface area (TPSA) is 66.4 Å². The molecule has 2 N–H and O–H groups in total. The van der Waals surface area contributed by atoms with Crippen molar-refractivity contribution >= 4 is 37.3 Å². The number of rotatable bonds is 6. The predicted molar refractivity (Wildman–Crippen MR) is 83.3 cm³/mol. The van der Waals surface area contributed by atoms with Crippen LogP contribution in [0.2, 0.25) is 0 Å². The molecule has 0 aliphatic heterocycles. The summed E-state index contributed by atoms with van der Waals surface area (Å²) in [6, 6.07) is 10.8. The molecule has 0 aliphatic rings. The lowest BCUT2D eigenvalue weighted by molar-refractivity contribution is 0.300. The van der Waals surface area contributed by atoms with Crippen molar-refractivity contribution in [3.8, 4) is 0 Å². The van der Waals surface area contributed by atoms with E-state index in [1.54, 1.807) is 12.1 Å². The van der Waals surface area contributed by atoms with Crippen LogP contribution >= 0.6 is 27.3 Å². The van der Waals surface area contributed by atoms with Gasteiger partial charge in [0.25, 0.3) is 0 Å². The lowest BCUT2D eigenvalue weighted by atomic mass is 10.2. The van der Waals surface area contributed by atoms with Gasteiger partial charge >= 0.3 is 0 Å². The zero-order valence-corrected chi connectivity index (χ0v) is 13.8. The summed E-state index contributed by atoms with van der Waals surface area (Å²) in [4.78, 5) is 0.858. The van der Waals surface area contributed by atoms with Crippen molar-refractivity contribution in [2.75, 3.05) is 6.61 Å². The quantitative estimate of drug-likeness (QED) is 0.814. The summed E-state index contributed by atoms with van der Waals surface area (Å²) in [6.07, 6.45) is 0.479. The molecule has 0 bridgehead atoms. The van der Waals surface area contributed by atoms with E-state index in [2.05, 4.69) is 20.7 Å². The fourth-order valence-corrected chi connectivity index (χ4v) is 4.27. The number of sulfonamides is 1. The Morgan fingerprint density at radius 3 is 2.50 bits per heavy atom. The Kier molecular flexibility index (Phi) is 5.34. The van der Waals surface area contributed by atoms with Crippen molar-refractivity contribution in [1.29, 1.82) is 0 Å². The first-order valence-corrected chi connectivity index (χ1v) is 9.04. The molecule has 0 amide bonds. The van der Waals surface area contributed by atoms with Gasteiger partial charge in [-0.25, -0.2) is 13.1 Å². The van der Waals surface area contributed by atoms with Gasteiger partial charge in [0.2, 0.25) is 10.0 Å². The van der Waals surface area contributed by atoms with E-state index in [0.717, 1.165) is 14.9 Å². The van der Waals surface area contributed by atoms with Crippen molar-refractivity contribution in [2.24, 2.45) is 0 Å². The van der Waals surface area contributed by atoms with Crippen LogP contribution in [0.1, 0.15) is 10.4 Å².